The minimum atomic E-state index is -1.23. The van der Waals surface area contributed by atoms with Gasteiger partial charge in [0, 0.05) is 19.8 Å². The van der Waals surface area contributed by atoms with Gasteiger partial charge < -0.3 is 20.8 Å². The highest BCUT2D eigenvalue weighted by Gasteiger charge is 2.26. The zero-order valence-electron chi connectivity index (χ0n) is 15.8. The molecule has 2 aromatic rings. The summed E-state index contributed by atoms with van der Waals surface area (Å²) in [7, 11) is 0. The molecule has 0 unspecified atom stereocenters. The van der Waals surface area contributed by atoms with Crippen LogP contribution in [0.1, 0.15) is 28.4 Å². The van der Waals surface area contributed by atoms with Crippen molar-refractivity contribution in [3.8, 4) is 0 Å². The van der Waals surface area contributed by atoms with Gasteiger partial charge in [-0.2, -0.15) is 0 Å². The minimum absolute atomic E-state index is 0.0287. The first kappa shape index (κ1) is 21.6. The molecule has 0 aliphatic heterocycles. The number of hydrogen-bond acceptors (Lipinski definition) is 4. The van der Waals surface area contributed by atoms with E-state index in [-0.39, 0.29) is 18.4 Å². The maximum atomic E-state index is 12.7. The topological polar surface area (TPSA) is 133 Å². The number of carbonyl (C=O) groups excluding carboxylic acids is 2. The lowest BCUT2D eigenvalue weighted by Gasteiger charge is -2.21. The van der Waals surface area contributed by atoms with Gasteiger partial charge in [0.05, 0.1) is 5.56 Å². The Hall–Kier alpha value is -3.68. The van der Waals surface area contributed by atoms with Crippen molar-refractivity contribution < 1.29 is 29.4 Å². The highest BCUT2D eigenvalue weighted by Crippen LogP contribution is 2.09. The minimum Gasteiger partial charge on any atom is -0.480 e. The van der Waals surface area contributed by atoms with Crippen molar-refractivity contribution in [2.75, 3.05) is 0 Å². The molecule has 0 aliphatic rings. The summed E-state index contributed by atoms with van der Waals surface area (Å²) in [5, 5.41) is 23.4. The van der Waals surface area contributed by atoms with Gasteiger partial charge in [0.1, 0.15) is 12.1 Å². The molecule has 0 spiro atoms. The van der Waals surface area contributed by atoms with E-state index in [9.17, 15) is 24.3 Å². The number of carbonyl (C=O) groups is 4. The fourth-order valence-electron chi connectivity index (χ4n) is 2.80. The van der Waals surface area contributed by atoms with Gasteiger partial charge in [0.25, 0.3) is 0 Å². The number of amides is 2. The number of aromatic carboxylic acids is 1. The van der Waals surface area contributed by atoms with E-state index < -0.39 is 35.8 Å². The first-order valence-electron chi connectivity index (χ1n) is 8.92. The number of aliphatic carboxylic acids is 1. The molecule has 2 aromatic carbocycles. The molecule has 0 heterocycles. The van der Waals surface area contributed by atoms with E-state index in [0.29, 0.717) is 5.56 Å². The maximum absolute atomic E-state index is 12.7. The molecule has 0 bridgehead atoms. The summed E-state index contributed by atoms with van der Waals surface area (Å²) in [6, 6.07) is 12.6. The molecule has 2 amide bonds. The Kier molecular flexibility index (Phi) is 7.47. The van der Waals surface area contributed by atoms with Gasteiger partial charge in [-0.05, 0) is 23.3 Å². The highest BCUT2D eigenvalue weighted by atomic mass is 16.4. The van der Waals surface area contributed by atoms with Gasteiger partial charge in [-0.1, -0.05) is 42.5 Å². The molecule has 8 nitrogen and oxygen atoms in total. The molecule has 4 N–H and O–H groups in total. The van der Waals surface area contributed by atoms with Crippen LogP contribution in [0.15, 0.2) is 54.6 Å². The van der Waals surface area contributed by atoms with E-state index in [1.807, 2.05) is 6.07 Å². The second-order valence-electron chi connectivity index (χ2n) is 6.55. The molecule has 152 valence electrons. The predicted octanol–water partition coefficient (Wildman–Crippen LogP) is 1.24. The summed E-state index contributed by atoms with van der Waals surface area (Å²) in [6.45, 7) is 1.28. The third-order valence-electron chi connectivity index (χ3n) is 4.23. The average molecular weight is 398 g/mol. The van der Waals surface area contributed by atoms with Gasteiger partial charge in [0.2, 0.25) is 11.8 Å². The molecule has 29 heavy (non-hydrogen) atoms. The summed E-state index contributed by atoms with van der Waals surface area (Å²) < 4.78 is 0. The lowest BCUT2D eigenvalue weighted by molar-refractivity contribution is -0.142. The Balaban J connectivity index is 2.11. The SMILES string of the molecule is CC(=O)N[C@H](Cc1ccccc1)C(=O)N[C@@H](Cc1ccc(C(=O)O)cc1)C(=O)O. The van der Waals surface area contributed by atoms with Crippen LogP contribution < -0.4 is 10.6 Å². The van der Waals surface area contributed by atoms with E-state index in [4.69, 9.17) is 5.11 Å². The lowest BCUT2D eigenvalue weighted by atomic mass is 10.0. The Bertz CT molecular complexity index is 880. The molecule has 2 atom stereocenters. The Morgan fingerprint density at radius 2 is 1.34 bits per heavy atom. The van der Waals surface area contributed by atoms with Crippen LogP contribution in [0.4, 0.5) is 0 Å². The van der Waals surface area contributed by atoms with E-state index in [0.717, 1.165) is 5.56 Å². The van der Waals surface area contributed by atoms with Crippen molar-refractivity contribution in [3.05, 3.63) is 71.3 Å². The van der Waals surface area contributed by atoms with Crippen molar-refractivity contribution in [2.45, 2.75) is 31.8 Å². The van der Waals surface area contributed by atoms with E-state index >= 15 is 0 Å². The molecule has 0 saturated carbocycles. The second kappa shape index (κ2) is 10.0. The maximum Gasteiger partial charge on any atom is 0.335 e. The van der Waals surface area contributed by atoms with Crippen LogP contribution in [0.2, 0.25) is 0 Å². The van der Waals surface area contributed by atoms with E-state index in [1.54, 1.807) is 24.3 Å². The molecule has 8 heteroatoms. The van der Waals surface area contributed by atoms with Crippen molar-refractivity contribution in [2.24, 2.45) is 0 Å². The van der Waals surface area contributed by atoms with Crippen LogP contribution in [0.3, 0.4) is 0 Å². The summed E-state index contributed by atoms with van der Waals surface area (Å²) in [5.74, 6) is -3.34. The molecule has 2 rings (SSSR count). The zero-order valence-corrected chi connectivity index (χ0v) is 15.8. The number of nitrogens with one attached hydrogen (secondary N) is 2. The normalized spacial score (nSPS) is 12.4. The van der Waals surface area contributed by atoms with Crippen molar-refractivity contribution >= 4 is 23.8 Å². The molecule has 0 fully saturated rings. The standard InChI is InChI=1S/C21H22N2O6/c1-13(24)22-17(11-14-5-3-2-4-6-14)19(25)23-18(21(28)29)12-15-7-9-16(10-8-15)20(26)27/h2-10,17-18H,11-12H2,1H3,(H,22,24)(H,23,25)(H,26,27)(H,28,29)/t17-,18+/m1/s1. The molecule has 0 aromatic heterocycles. The number of rotatable bonds is 9. The van der Waals surface area contributed by atoms with Crippen LogP contribution in [0, 0.1) is 0 Å². The summed E-state index contributed by atoms with van der Waals surface area (Å²) >= 11 is 0. The van der Waals surface area contributed by atoms with Crippen molar-refractivity contribution in [3.63, 3.8) is 0 Å². The van der Waals surface area contributed by atoms with Crippen LogP contribution in [-0.4, -0.2) is 46.0 Å². The number of carboxylic acids is 2. The number of carboxylic acid groups (broad SMARTS) is 2. The van der Waals surface area contributed by atoms with Gasteiger partial charge in [-0.25, -0.2) is 9.59 Å². The fourth-order valence-corrected chi connectivity index (χ4v) is 2.80. The smallest absolute Gasteiger partial charge is 0.335 e. The van der Waals surface area contributed by atoms with Gasteiger partial charge in [-0.15, -0.1) is 0 Å². The number of benzene rings is 2. The van der Waals surface area contributed by atoms with Gasteiger partial charge in [0.15, 0.2) is 0 Å². The largest absolute Gasteiger partial charge is 0.480 e. The fraction of sp³-hybridized carbons (Fsp3) is 0.238. The van der Waals surface area contributed by atoms with Crippen LogP contribution in [0.5, 0.6) is 0 Å². The summed E-state index contributed by atoms with van der Waals surface area (Å²) in [4.78, 5) is 46.7. The number of hydrogen-bond donors (Lipinski definition) is 4. The predicted molar refractivity (Wildman–Crippen MR) is 104 cm³/mol. The van der Waals surface area contributed by atoms with Gasteiger partial charge in [-0.3, -0.25) is 9.59 Å². The lowest BCUT2D eigenvalue weighted by Crippen LogP contribution is -2.52. The Morgan fingerprint density at radius 3 is 1.86 bits per heavy atom. The van der Waals surface area contributed by atoms with Crippen molar-refractivity contribution in [1.29, 1.82) is 0 Å². The van der Waals surface area contributed by atoms with E-state index in [1.165, 1.54) is 31.2 Å². The van der Waals surface area contributed by atoms with Crippen molar-refractivity contribution in [1.82, 2.24) is 10.6 Å². The Labute approximate surface area is 167 Å². The highest BCUT2D eigenvalue weighted by molar-refractivity contribution is 5.90. The van der Waals surface area contributed by atoms with E-state index in [2.05, 4.69) is 10.6 Å². The van der Waals surface area contributed by atoms with Crippen LogP contribution >= 0.6 is 0 Å². The molecular formula is C21H22N2O6. The quantitative estimate of drug-likeness (QED) is 0.502. The third kappa shape index (κ3) is 6.76. The second-order valence-corrected chi connectivity index (χ2v) is 6.55. The molecule has 0 aliphatic carbocycles. The monoisotopic (exact) mass is 398 g/mol. The zero-order chi connectivity index (χ0) is 21.4. The first-order valence-corrected chi connectivity index (χ1v) is 8.92. The average Bonchev–Trinajstić information content (AvgIpc) is 2.67. The molecular weight excluding hydrogens is 376 g/mol. The third-order valence-corrected chi connectivity index (χ3v) is 4.23. The molecule has 0 saturated heterocycles. The molecule has 0 radical (unpaired) electrons. The summed E-state index contributed by atoms with van der Waals surface area (Å²) in [6.07, 6.45) is 0.186. The first-order chi connectivity index (χ1) is 13.8. The summed E-state index contributed by atoms with van der Waals surface area (Å²) in [5.41, 5.74) is 1.46. The van der Waals surface area contributed by atoms with Gasteiger partial charge >= 0.3 is 11.9 Å². The van der Waals surface area contributed by atoms with Crippen LogP contribution in [-0.2, 0) is 27.2 Å². The van der Waals surface area contributed by atoms with Crippen LogP contribution in [0.25, 0.3) is 0 Å². The Morgan fingerprint density at radius 1 is 0.793 bits per heavy atom.